The summed E-state index contributed by atoms with van der Waals surface area (Å²) in [5.74, 6) is 0.734. The number of hydrogen-bond acceptors (Lipinski definition) is 5. The SMILES string of the molecule is CSCCc1ccc(-c2nocc2CC(=O)OC(C)c2ccccc2Cl)cc1. The number of nitrogens with zero attached hydrogens (tertiary/aromatic N) is 1. The summed E-state index contributed by atoms with van der Waals surface area (Å²) in [5.41, 5.74) is 4.34. The summed E-state index contributed by atoms with van der Waals surface area (Å²) < 4.78 is 10.7. The fourth-order valence-corrected chi connectivity index (χ4v) is 3.66. The molecule has 4 nitrogen and oxygen atoms in total. The molecule has 0 aliphatic heterocycles. The van der Waals surface area contributed by atoms with Crippen LogP contribution < -0.4 is 0 Å². The summed E-state index contributed by atoms with van der Waals surface area (Å²) >= 11 is 8.00. The second-order valence-corrected chi connectivity index (χ2v) is 7.85. The van der Waals surface area contributed by atoms with Crippen LogP contribution in [-0.2, 0) is 22.4 Å². The van der Waals surface area contributed by atoms with Gasteiger partial charge in [0.1, 0.15) is 18.1 Å². The van der Waals surface area contributed by atoms with Crippen LogP contribution in [0.4, 0.5) is 0 Å². The van der Waals surface area contributed by atoms with Gasteiger partial charge in [-0.15, -0.1) is 0 Å². The Morgan fingerprint density at radius 1 is 1.21 bits per heavy atom. The molecule has 0 radical (unpaired) electrons. The number of rotatable bonds is 8. The lowest BCUT2D eigenvalue weighted by Gasteiger charge is -2.14. The highest BCUT2D eigenvalue weighted by Gasteiger charge is 2.18. The van der Waals surface area contributed by atoms with Crippen LogP contribution >= 0.6 is 23.4 Å². The molecule has 0 aliphatic rings. The summed E-state index contributed by atoms with van der Waals surface area (Å²) in [5, 5.41) is 4.65. The maximum absolute atomic E-state index is 12.4. The lowest BCUT2D eigenvalue weighted by atomic mass is 10.0. The molecule has 28 heavy (non-hydrogen) atoms. The van der Waals surface area contributed by atoms with E-state index in [1.54, 1.807) is 13.0 Å². The van der Waals surface area contributed by atoms with Crippen LogP contribution in [0.5, 0.6) is 0 Å². The van der Waals surface area contributed by atoms with Crippen LogP contribution in [-0.4, -0.2) is 23.1 Å². The van der Waals surface area contributed by atoms with E-state index in [4.69, 9.17) is 20.9 Å². The molecule has 0 amide bonds. The van der Waals surface area contributed by atoms with Crippen molar-refractivity contribution in [3.05, 3.63) is 76.5 Å². The number of aromatic nitrogens is 1. The minimum absolute atomic E-state index is 0.0852. The van der Waals surface area contributed by atoms with Gasteiger partial charge in [-0.1, -0.05) is 59.2 Å². The van der Waals surface area contributed by atoms with Gasteiger partial charge in [0.2, 0.25) is 0 Å². The lowest BCUT2D eigenvalue weighted by Crippen LogP contribution is -2.12. The number of halogens is 1. The summed E-state index contributed by atoms with van der Waals surface area (Å²) in [7, 11) is 0. The Bertz CT molecular complexity index is 924. The number of thioether (sulfide) groups is 1. The zero-order valence-corrected chi connectivity index (χ0v) is 17.4. The van der Waals surface area contributed by atoms with E-state index < -0.39 is 6.10 Å². The van der Waals surface area contributed by atoms with Crippen LogP contribution in [0.2, 0.25) is 5.02 Å². The molecule has 6 heteroatoms. The quantitative estimate of drug-likeness (QED) is 0.438. The molecule has 0 spiro atoms. The fourth-order valence-electron chi connectivity index (χ4n) is 2.93. The maximum Gasteiger partial charge on any atom is 0.311 e. The molecule has 3 rings (SSSR count). The first-order chi connectivity index (χ1) is 13.6. The summed E-state index contributed by atoms with van der Waals surface area (Å²) in [6.45, 7) is 1.81. The average Bonchev–Trinajstić information content (AvgIpc) is 3.15. The Labute approximate surface area is 174 Å². The van der Waals surface area contributed by atoms with Gasteiger partial charge in [0.25, 0.3) is 0 Å². The molecule has 3 aromatic rings. The van der Waals surface area contributed by atoms with E-state index in [9.17, 15) is 4.79 Å². The molecular formula is C22H22ClNO3S. The molecule has 2 aromatic carbocycles. The second-order valence-electron chi connectivity index (χ2n) is 6.46. The second kappa shape index (κ2) is 9.80. The third-order valence-corrected chi connectivity index (χ3v) is 5.41. The van der Waals surface area contributed by atoms with Gasteiger partial charge in [0.05, 0.1) is 6.42 Å². The molecule has 1 heterocycles. The van der Waals surface area contributed by atoms with E-state index in [1.165, 1.54) is 11.8 Å². The van der Waals surface area contributed by atoms with Gasteiger partial charge in [-0.3, -0.25) is 4.79 Å². The molecule has 0 aliphatic carbocycles. The molecule has 0 N–H and O–H groups in total. The summed E-state index contributed by atoms with van der Waals surface area (Å²) in [4.78, 5) is 12.4. The molecule has 146 valence electrons. The van der Waals surface area contributed by atoms with Crippen molar-refractivity contribution < 1.29 is 14.1 Å². The standard InChI is InChI=1S/C22H22ClNO3S/c1-15(19-5-3-4-6-20(19)23)27-21(25)13-18-14-26-24-22(18)17-9-7-16(8-10-17)11-12-28-2/h3-10,14-15H,11-13H2,1-2H3. The Morgan fingerprint density at radius 3 is 2.68 bits per heavy atom. The van der Waals surface area contributed by atoms with Crippen LogP contribution in [0.25, 0.3) is 11.3 Å². The minimum Gasteiger partial charge on any atom is -0.457 e. The third kappa shape index (κ3) is 5.18. The molecular weight excluding hydrogens is 394 g/mol. The van der Waals surface area contributed by atoms with Gasteiger partial charge in [-0.25, -0.2) is 0 Å². The first-order valence-electron chi connectivity index (χ1n) is 9.04. The number of esters is 1. The number of hydrogen-bond donors (Lipinski definition) is 0. The molecule has 0 bridgehead atoms. The van der Waals surface area contributed by atoms with Crippen molar-refractivity contribution in [3.8, 4) is 11.3 Å². The van der Waals surface area contributed by atoms with Crippen molar-refractivity contribution >= 4 is 29.3 Å². The topological polar surface area (TPSA) is 52.3 Å². The molecule has 0 saturated carbocycles. The third-order valence-electron chi connectivity index (χ3n) is 4.45. The van der Waals surface area contributed by atoms with Gasteiger partial charge in [-0.05, 0) is 37.0 Å². The number of carbonyl (C=O) groups excluding carboxylic acids is 1. The van der Waals surface area contributed by atoms with Gasteiger partial charge in [-0.2, -0.15) is 11.8 Å². The van der Waals surface area contributed by atoms with E-state index in [0.29, 0.717) is 16.3 Å². The van der Waals surface area contributed by atoms with Crippen molar-refractivity contribution in [2.24, 2.45) is 0 Å². The average molecular weight is 416 g/mol. The zero-order valence-electron chi connectivity index (χ0n) is 15.9. The van der Waals surface area contributed by atoms with Gasteiger partial charge >= 0.3 is 5.97 Å². The highest BCUT2D eigenvalue weighted by Crippen LogP contribution is 2.27. The van der Waals surface area contributed by atoms with Crippen LogP contribution in [0.15, 0.2) is 59.3 Å². The Hall–Kier alpha value is -2.24. The van der Waals surface area contributed by atoms with Gasteiger partial charge in [0, 0.05) is 21.7 Å². The monoisotopic (exact) mass is 415 g/mol. The van der Waals surface area contributed by atoms with Gasteiger partial charge in [0.15, 0.2) is 0 Å². The Kier molecular flexibility index (Phi) is 7.18. The molecule has 0 fully saturated rings. The number of benzene rings is 2. The van der Waals surface area contributed by atoms with Crippen molar-refractivity contribution in [3.63, 3.8) is 0 Å². The number of ether oxygens (including phenoxy) is 1. The summed E-state index contributed by atoms with van der Waals surface area (Å²) in [6.07, 6.45) is 4.28. The summed E-state index contributed by atoms with van der Waals surface area (Å²) in [6, 6.07) is 15.5. The van der Waals surface area contributed by atoms with Crippen LogP contribution in [0.3, 0.4) is 0 Å². The van der Waals surface area contributed by atoms with E-state index in [2.05, 4.69) is 23.5 Å². The molecule has 1 aromatic heterocycles. The van der Waals surface area contributed by atoms with Crippen molar-refractivity contribution in [1.82, 2.24) is 5.16 Å². The molecule has 1 atom stereocenters. The molecule has 1 unspecified atom stereocenters. The van der Waals surface area contributed by atoms with E-state index in [1.807, 2.05) is 42.1 Å². The molecule has 0 saturated heterocycles. The normalized spacial score (nSPS) is 12.0. The van der Waals surface area contributed by atoms with Crippen molar-refractivity contribution in [2.45, 2.75) is 25.9 Å². The largest absolute Gasteiger partial charge is 0.457 e. The van der Waals surface area contributed by atoms with E-state index in [0.717, 1.165) is 23.3 Å². The van der Waals surface area contributed by atoms with E-state index >= 15 is 0 Å². The number of aryl methyl sites for hydroxylation is 1. The highest BCUT2D eigenvalue weighted by molar-refractivity contribution is 7.98. The van der Waals surface area contributed by atoms with E-state index in [-0.39, 0.29) is 12.4 Å². The predicted octanol–water partition coefficient (Wildman–Crippen LogP) is 5.75. The Morgan fingerprint density at radius 2 is 1.96 bits per heavy atom. The minimum atomic E-state index is -0.430. The number of carbonyl (C=O) groups is 1. The first-order valence-corrected chi connectivity index (χ1v) is 10.8. The van der Waals surface area contributed by atoms with Crippen LogP contribution in [0.1, 0.15) is 29.7 Å². The first kappa shape index (κ1) is 20.5. The highest BCUT2D eigenvalue weighted by atomic mass is 35.5. The lowest BCUT2D eigenvalue weighted by molar-refractivity contribution is -0.147. The van der Waals surface area contributed by atoms with Crippen molar-refractivity contribution in [1.29, 1.82) is 0 Å². The zero-order chi connectivity index (χ0) is 19.9. The van der Waals surface area contributed by atoms with Crippen LogP contribution in [0, 0.1) is 0 Å². The fraction of sp³-hybridized carbons (Fsp3) is 0.273. The van der Waals surface area contributed by atoms with Crippen molar-refractivity contribution in [2.75, 3.05) is 12.0 Å². The maximum atomic E-state index is 12.4. The Balaban J connectivity index is 1.66. The predicted molar refractivity (Wildman–Crippen MR) is 114 cm³/mol. The smallest absolute Gasteiger partial charge is 0.311 e. The van der Waals surface area contributed by atoms with Gasteiger partial charge < -0.3 is 9.26 Å².